The highest BCUT2D eigenvalue weighted by Gasteiger charge is 2.13. The van der Waals surface area contributed by atoms with Crippen molar-refractivity contribution in [3.63, 3.8) is 0 Å². The van der Waals surface area contributed by atoms with E-state index in [-0.39, 0.29) is 18.5 Å². The molecule has 4 rings (SSSR count). The van der Waals surface area contributed by atoms with E-state index in [1.165, 1.54) is 12.1 Å². The van der Waals surface area contributed by atoms with Crippen molar-refractivity contribution < 1.29 is 18.7 Å². The number of halogens is 1. The third-order valence-electron chi connectivity index (χ3n) is 4.54. The largest absolute Gasteiger partial charge is 0.454 e. The van der Waals surface area contributed by atoms with Crippen LogP contribution in [0.2, 0.25) is 0 Å². The number of pyridine rings is 1. The molecule has 2 aromatic carbocycles. The molecule has 29 heavy (non-hydrogen) atoms. The lowest BCUT2D eigenvalue weighted by molar-refractivity contribution is 0.0949. The van der Waals surface area contributed by atoms with Gasteiger partial charge in [-0.05, 0) is 53.9 Å². The van der Waals surface area contributed by atoms with E-state index in [1.54, 1.807) is 24.4 Å². The van der Waals surface area contributed by atoms with Gasteiger partial charge in [-0.2, -0.15) is 0 Å². The van der Waals surface area contributed by atoms with E-state index in [1.807, 2.05) is 24.3 Å². The molecule has 0 atom stereocenters. The molecule has 3 aromatic rings. The smallest absolute Gasteiger partial charge is 0.269 e. The first-order chi connectivity index (χ1) is 14.2. The van der Waals surface area contributed by atoms with E-state index in [2.05, 4.69) is 15.6 Å². The Kier molecular flexibility index (Phi) is 5.56. The second-order valence-electron chi connectivity index (χ2n) is 6.60. The van der Waals surface area contributed by atoms with Crippen molar-refractivity contribution in [1.29, 1.82) is 0 Å². The summed E-state index contributed by atoms with van der Waals surface area (Å²) in [6.45, 7) is 1.27. The zero-order valence-corrected chi connectivity index (χ0v) is 15.7. The Hall–Kier alpha value is -3.61. The van der Waals surface area contributed by atoms with E-state index >= 15 is 0 Å². The molecule has 0 spiro atoms. The molecule has 1 aliphatic heterocycles. The fourth-order valence-corrected chi connectivity index (χ4v) is 2.98. The lowest BCUT2D eigenvalue weighted by Crippen LogP contribution is -2.26. The molecule has 1 amide bonds. The zero-order chi connectivity index (χ0) is 20.1. The van der Waals surface area contributed by atoms with Crippen molar-refractivity contribution in [2.75, 3.05) is 18.7 Å². The SMILES string of the molecule is O=C(NCCc1ccc(F)cc1)c1cc(NCc2ccc3c(c2)OCO3)ccn1. The maximum atomic E-state index is 12.9. The van der Waals surface area contributed by atoms with Crippen molar-refractivity contribution in [3.05, 3.63) is 83.4 Å². The number of hydrogen-bond acceptors (Lipinski definition) is 5. The second kappa shape index (κ2) is 8.60. The van der Waals surface area contributed by atoms with Gasteiger partial charge in [0.15, 0.2) is 11.5 Å². The number of benzene rings is 2. The summed E-state index contributed by atoms with van der Waals surface area (Å²) in [5, 5.41) is 6.12. The van der Waals surface area contributed by atoms with Gasteiger partial charge in [0.25, 0.3) is 5.91 Å². The molecule has 2 heterocycles. The Balaban J connectivity index is 1.30. The van der Waals surface area contributed by atoms with Crippen LogP contribution in [0.1, 0.15) is 21.6 Å². The molecule has 0 aliphatic carbocycles. The van der Waals surface area contributed by atoms with Crippen LogP contribution < -0.4 is 20.1 Å². The fraction of sp³-hybridized carbons (Fsp3) is 0.182. The first-order valence-electron chi connectivity index (χ1n) is 9.28. The Labute approximate surface area is 167 Å². The van der Waals surface area contributed by atoms with Gasteiger partial charge in [0.05, 0.1) is 0 Å². The van der Waals surface area contributed by atoms with E-state index in [0.29, 0.717) is 25.2 Å². The lowest BCUT2D eigenvalue weighted by Gasteiger charge is -2.09. The van der Waals surface area contributed by atoms with Gasteiger partial charge < -0.3 is 20.1 Å². The highest BCUT2D eigenvalue weighted by atomic mass is 19.1. The summed E-state index contributed by atoms with van der Waals surface area (Å²) in [7, 11) is 0. The lowest BCUT2D eigenvalue weighted by atomic mass is 10.1. The normalized spacial score (nSPS) is 11.9. The number of fused-ring (bicyclic) bond motifs is 1. The van der Waals surface area contributed by atoms with Crippen LogP contribution in [0.3, 0.4) is 0 Å². The highest BCUT2D eigenvalue weighted by Crippen LogP contribution is 2.32. The molecule has 0 saturated heterocycles. The molecule has 1 aromatic heterocycles. The number of nitrogens with one attached hydrogen (secondary N) is 2. The van der Waals surface area contributed by atoms with Gasteiger partial charge in [0.1, 0.15) is 11.5 Å². The second-order valence-corrected chi connectivity index (χ2v) is 6.60. The number of rotatable bonds is 7. The van der Waals surface area contributed by atoms with Gasteiger partial charge in [-0.1, -0.05) is 18.2 Å². The zero-order valence-electron chi connectivity index (χ0n) is 15.7. The first kappa shape index (κ1) is 18.7. The minimum Gasteiger partial charge on any atom is -0.454 e. The van der Waals surface area contributed by atoms with Crippen LogP contribution in [0, 0.1) is 5.82 Å². The molecular weight excluding hydrogens is 373 g/mol. The van der Waals surface area contributed by atoms with Gasteiger partial charge in [0.2, 0.25) is 6.79 Å². The number of ether oxygens (including phenoxy) is 2. The van der Waals surface area contributed by atoms with Gasteiger partial charge in [0, 0.05) is 25.0 Å². The quantitative estimate of drug-likeness (QED) is 0.643. The van der Waals surface area contributed by atoms with Gasteiger partial charge >= 0.3 is 0 Å². The third kappa shape index (κ3) is 4.82. The molecule has 0 radical (unpaired) electrons. The predicted octanol–water partition coefficient (Wildman–Crippen LogP) is 3.53. The van der Waals surface area contributed by atoms with Crippen LogP contribution in [0.5, 0.6) is 11.5 Å². The topological polar surface area (TPSA) is 72.5 Å². The third-order valence-corrected chi connectivity index (χ3v) is 4.54. The highest BCUT2D eigenvalue weighted by molar-refractivity contribution is 5.93. The number of carbonyl (C=O) groups excluding carboxylic acids is 1. The Morgan fingerprint density at radius 1 is 1.00 bits per heavy atom. The Morgan fingerprint density at radius 2 is 1.79 bits per heavy atom. The number of aromatic nitrogens is 1. The first-order valence-corrected chi connectivity index (χ1v) is 9.28. The van der Waals surface area contributed by atoms with E-state index in [0.717, 1.165) is 28.3 Å². The standard InChI is InChI=1S/C22H20FN3O3/c23-17-4-1-15(2-5-17)7-9-25-22(27)19-12-18(8-10-24-19)26-13-16-3-6-20-21(11-16)29-14-28-20/h1-6,8,10-12H,7,9,13-14H2,(H,24,26)(H,25,27). The van der Waals surface area contributed by atoms with Crippen LogP contribution >= 0.6 is 0 Å². The summed E-state index contributed by atoms with van der Waals surface area (Å²) < 4.78 is 23.6. The maximum absolute atomic E-state index is 12.9. The molecule has 0 saturated carbocycles. The average Bonchev–Trinajstić information content (AvgIpc) is 3.22. The van der Waals surface area contributed by atoms with Crippen molar-refractivity contribution >= 4 is 11.6 Å². The molecule has 6 nitrogen and oxygen atoms in total. The number of anilines is 1. The summed E-state index contributed by atoms with van der Waals surface area (Å²) in [6, 6.07) is 15.5. The van der Waals surface area contributed by atoms with Crippen molar-refractivity contribution in [1.82, 2.24) is 10.3 Å². The molecule has 2 N–H and O–H groups in total. The minimum absolute atomic E-state index is 0.246. The van der Waals surface area contributed by atoms with E-state index in [4.69, 9.17) is 9.47 Å². The minimum atomic E-state index is -0.271. The molecular formula is C22H20FN3O3. The predicted molar refractivity (Wildman–Crippen MR) is 107 cm³/mol. The van der Waals surface area contributed by atoms with Crippen LogP contribution in [0.25, 0.3) is 0 Å². The molecule has 7 heteroatoms. The number of carbonyl (C=O) groups is 1. The van der Waals surface area contributed by atoms with Crippen molar-refractivity contribution in [2.24, 2.45) is 0 Å². The van der Waals surface area contributed by atoms with Gasteiger partial charge in [-0.3, -0.25) is 9.78 Å². The van der Waals surface area contributed by atoms with Crippen LogP contribution in [-0.4, -0.2) is 24.2 Å². The molecule has 0 unspecified atom stereocenters. The van der Waals surface area contributed by atoms with Crippen LogP contribution in [-0.2, 0) is 13.0 Å². The summed E-state index contributed by atoms with van der Waals surface area (Å²) in [4.78, 5) is 16.5. The average molecular weight is 393 g/mol. The summed E-state index contributed by atoms with van der Waals surface area (Å²) >= 11 is 0. The van der Waals surface area contributed by atoms with Gasteiger partial charge in [-0.15, -0.1) is 0 Å². The summed E-state index contributed by atoms with van der Waals surface area (Å²) in [5.74, 6) is 0.961. The Bertz CT molecular complexity index is 1010. The number of nitrogens with zero attached hydrogens (tertiary/aromatic N) is 1. The number of amides is 1. The fourth-order valence-electron chi connectivity index (χ4n) is 2.98. The molecule has 0 bridgehead atoms. The van der Waals surface area contributed by atoms with E-state index < -0.39 is 0 Å². The molecule has 1 aliphatic rings. The van der Waals surface area contributed by atoms with Gasteiger partial charge in [-0.25, -0.2) is 4.39 Å². The Morgan fingerprint density at radius 3 is 2.66 bits per heavy atom. The summed E-state index contributed by atoms with van der Waals surface area (Å²) in [5.41, 5.74) is 3.12. The molecule has 0 fully saturated rings. The van der Waals surface area contributed by atoms with E-state index in [9.17, 15) is 9.18 Å². The van der Waals surface area contributed by atoms with Crippen molar-refractivity contribution in [3.8, 4) is 11.5 Å². The summed E-state index contributed by atoms with van der Waals surface area (Å²) in [6.07, 6.45) is 2.21. The van der Waals surface area contributed by atoms with Crippen LogP contribution in [0.4, 0.5) is 10.1 Å². The molecule has 148 valence electrons. The maximum Gasteiger partial charge on any atom is 0.269 e. The monoisotopic (exact) mass is 393 g/mol. The number of hydrogen-bond donors (Lipinski definition) is 2. The van der Waals surface area contributed by atoms with Crippen molar-refractivity contribution in [2.45, 2.75) is 13.0 Å². The van der Waals surface area contributed by atoms with Crippen LogP contribution in [0.15, 0.2) is 60.8 Å².